The molecule has 1 rings (SSSR count). The molecule has 0 fully saturated rings. The van der Waals surface area contributed by atoms with Gasteiger partial charge in [-0.15, -0.1) is 0 Å². The van der Waals surface area contributed by atoms with E-state index in [2.05, 4.69) is 15.4 Å². The SMILES string of the molecule is CCCNC(=O)CNC(=O)[C@@H](NS(=O)(=O)c1ccc(Cl)cc1)C(C)C. The van der Waals surface area contributed by atoms with Gasteiger partial charge in [0.15, 0.2) is 0 Å². The van der Waals surface area contributed by atoms with Gasteiger partial charge in [0.2, 0.25) is 21.8 Å². The molecule has 1 aromatic carbocycles. The zero-order chi connectivity index (χ0) is 19.0. The highest BCUT2D eigenvalue weighted by atomic mass is 35.5. The smallest absolute Gasteiger partial charge is 0.241 e. The van der Waals surface area contributed by atoms with Gasteiger partial charge < -0.3 is 10.6 Å². The summed E-state index contributed by atoms with van der Waals surface area (Å²) in [6, 6.07) is 4.63. The number of benzene rings is 1. The second-order valence-electron chi connectivity index (χ2n) is 5.86. The summed E-state index contributed by atoms with van der Waals surface area (Å²) < 4.78 is 27.2. The normalized spacial score (nSPS) is 12.7. The summed E-state index contributed by atoms with van der Waals surface area (Å²) >= 11 is 5.76. The van der Waals surface area contributed by atoms with Gasteiger partial charge in [-0.05, 0) is 36.6 Å². The van der Waals surface area contributed by atoms with Gasteiger partial charge in [0.1, 0.15) is 6.04 Å². The molecule has 1 aromatic rings. The predicted molar refractivity (Wildman–Crippen MR) is 96.7 cm³/mol. The first-order chi connectivity index (χ1) is 11.7. The molecule has 7 nitrogen and oxygen atoms in total. The first kappa shape index (κ1) is 21.4. The number of hydrogen-bond acceptors (Lipinski definition) is 4. The monoisotopic (exact) mass is 389 g/mol. The third-order valence-electron chi connectivity index (χ3n) is 3.35. The van der Waals surface area contributed by atoms with E-state index in [1.807, 2.05) is 6.92 Å². The van der Waals surface area contributed by atoms with Crippen molar-refractivity contribution >= 4 is 33.4 Å². The molecular weight excluding hydrogens is 366 g/mol. The Morgan fingerprint density at radius 2 is 1.72 bits per heavy atom. The minimum atomic E-state index is -3.89. The molecule has 0 aliphatic carbocycles. The molecule has 0 saturated carbocycles. The molecule has 0 aliphatic rings. The van der Waals surface area contributed by atoms with Crippen molar-refractivity contribution < 1.29 is 18.0 Å². The molecule has 0 bridgehead atoms. The molecule has 0 saturated heterocycles. The van der Waals surface area contributed by atoms with Gasteiger partial charge >= 0.3 is 0 Å². The van der Waals surface area contributed by atoms with E-state index in [-0.39, 0.29) is 23.3 Å². The van der Waals surface area contributed by atoms with Crippen LogP contribution in [0.2, 0.25) is 5.02 Å². The molecule has 1 atom stereocenters. The Kier molecular flexibility index (Phi) is 8.34. The molecule has 0 aromatic heterocycles. The Bertz CT molecular complexity index is 690. The Morgan fingerprint density at radius 3 is 2.24 bits per heavy atom. The van der Waals surface area contributed by atoms with Crippen LogP contribution in [0.5, 0.6) is 0 Å². The quantitative estimate of drug-likeness (QED) is 0.591. The number of sulfonamides is 1. The summed E-state index contributed by atoms with van der Waals surface area (Å²) in [5.41, 5.74) is 0. The number of carbonyl (C=O) groups excluding carboxylic acids is 2. The number of carbonyl (C=O) groups is 2. The van der Waals surface area contributed by atoms with Crippen LogP contribution in [-0.4, -0.2) is 39.4 Å². The number of halogens is 1. The summed E-state index contributed by atoms with van der Waals surface area (Å²) in [5.74, 6) is -1.18. The van der Waals surface area contributed by atoms with Crippen LogP contribution in [-0.2, 0) is 19.6 Å². The van der Waals surface area contributed by atoms with Crippen LogP contribution in [0.15, 0.2) is 29.2 Å². The van der Waals surface area contributed by atoms with Crippen LogP contribution in [0.4, 0.5) is 0 Å². The summed E-state index contributed by atoms with van der Waals surface area (Å²) in [5, 5.41) is 5.50. The van der Waals surface area contributed by atoms with Crippen molar-refractivity contribution in [3.05, 3.63) is 29.3 Å². The Labute approximate surface area is 153 Å². The van der Waals surface area contributed by atoms with Gasteiger partial charge in [-0.1, -0.05) is 32.4 Å². The fraction of sp³-hybridized carbons (Fsp3) is 0.500. The number of amides is 2. The largest absolute Gasteiger partial charge is 0.355 e. The maximum Gasteiger partial charge on any atom is 0.241 e. The molecule has 140 valence electrons. The maximum absolute atomic E-state index is 12.4. The van der Waals surface area contributed by atoms with E-state index in [0.717, 1.165) is 6.42 Å². The van der Waals surface area contributed by atoms with Gasteiger partial charge in [0.05, 0.1) is 11.4 Å². The minimum absolute atomic E-state index is 0.0102. The van der Waals surface area contributed by atoms with Gasteiger partial charge in [-0.25, -0.2) is 8.42 Å². The third kappa shape index (κ3) is 7.01. The van der Waals surface area contributed by atoms with Crippen molar-refractivity contribution in [1.29, 1.82) is 0 Å². The van der Waals surface area contributed by atoms with Crippen LogP contribution >= 0.6 is 11.6 Å². The van der Waals surface area contributed by atoms with E-state index in [1.54, 1.807) is 13.8 Å². The molecule has 0 spiro atoms. The first-order valence-electron chi connectivity index (χ1n) is 7.99. The lowest BCUT2D eigenvalue weighted by Crippen LogP contribution is -2.51. The van der Waals surface area contributed by atoms with Crippen LogP contribution in [0.1, 0.15) is 27.2 Å². The van der Waals surface area contributed by atoms with E-state index >= 15 is 0 Å². The van der Waals surface area contributed by atoms with Crippen LogP contribution < -0.4 is 15.4 Å². The molecule has 0 radical (unpaired) electrons. The lowest BCUT2D eigenvalue weighted by Gasteiger charge is -2.21. The van der Waals surface area contributed by atoms with E-state index in [1.165, 1.54) is 24.3 Å². The highest BCUT2D eigenvalue weighted by Gasteiger charge is 2.28. The third-order valence-corrected chi connectivity index (χ3v) is 5.06. The van der Waals surface area contributed by atoms with E-state index in [0.29, 0.717) is 11.6 Å². The van der Waals surface area contributed by atoms with E-state index < -0.39 is 22.0 Å². The standard InChI is InChI=1S/C16H24ClN3O4S/c1-4-9-18-14(21)10-19-16(22)15(11(2)3)20-25(23,24)13-7-5-12(17)6-8-13/h5-8,11,15,20H,4,9-10H2,1-3H3,(H,18,21)(H,19,22)/t15-/m0/s1. The zero-order valence-electron chi connectivity index (χ0n) is 14.5. The van der Waals surface area contributed by atoms with Gasteiger partial charge in [-0.3, -0.25) is 9.59 Å². The van der Waals surface area contributed by atoms with Gasteiger partial charge in [0, 0.05) is 11.6 Å². The lowest BCUT2D eigenvalue weighted by atomic mass is 10.1. The fourth-order valence-electron chi connectivity index (χ4n) is 1.95. The van der Waals surface area contributed by atoms with E-state index in [4.69, 9.17) is 11.6 Å². The fourth-order valence-corrected chi connectivity index (χ4v) is 3.42. The van der Waals surface area contributed by atoms with Crippen molar-refractivity contribution in [2.45, 2.75) is 38.1 Å². The van der Waals surface area contributed by atoms with E-state index in [9.17, 15) is 18.0 Å². The van der Waals surface area contributed by atoms with Crippen LogP contribution in [0.3, 0.4) is 0 Å². The summed E-state index contributed by atoms with van der Waals surface area (Å²) in [6.45, 7) is 5.66. The molecule has 0 unspecified atom stereocenters. The topological polar surface area (TPSA) is 104 Å². The summed E-state index contributed by atoms with van der Waals surface area (Å²) in [7, 11) is -3.89. The molecule has 0 heterocycles. The van der Waals surface area contributed by atoms with Crippen molar-refractivity contribution in [2.75, 3.05) is 13.1 Å². The van der Waals surface area contributed by atoms with Crippen LogP contribution in [0, 0.1) is 5.92 Å². The van der Waals surface area contributed by atoms with Crippen LogP contribution in [0.25, 0.3) is 0 Å². The highest BCUT2D eigenvalue weighted by Crippen LogP contribution is 2.15. The molecule has 9 heteroatoms. The molecular formula is C16H24ClN3O4S. The molecule has 3 N–H and O–H groups in total. The molecule has 25 heavy (non-hydrogen) atoms. The summed E-state index contributed by atoms with van der Waals surface area (Å²) in [4.78, 5) is 23.9. The average molecular weight is 390 g/mol. The van der Waals surface area contributed by atoms with Gasteiger partial charge in [-0.2, -0.15) is 4.72 Å². The second kappa shape index (κ2) is 9.74. The Morgan fingerprint density at radius 1 is 1.12 bits per heavy atom. The minimum Gasteiger partial charge on any atom is -0.355 e. The van der Waals surface area contributed by atoms with Crippen molar-refractivity contribution in [1.82, 2.24) is 15.4 Å². The first-order valence-corrected chi connectivity index (χ1v) is 9.85. The van der Waals surface area contributed by atoms with Crippen molar-refractivity contribution in [2.24, 2.45) is 5.92 Å². The molecule has 2 amide bonds. The van der Waals surface area contributed by atoms with Gasteiger partial charge in [0.25, 0.3) is 0 Å². The number of rotatable bonds is 9. The maximum atomic E-state index is 12.4. The van der Waals surface area contributed by atoms with Crippen molar-refractivity contribution in [3.8, 4) is 0 Å². The lowest BCUT2D eigenvalue weighted by molar-refractivity contribution is -0.127. The molecule has 0 aliphatic heterocycles. The highest BCUT2D eigenvalue weighted by molar-refractivity contribution is 7.89. The Balaban J connectivity index is 2.77. The second-order valence-corrected chi connectivity index (χ2v) is 8.02. The zero-order valence-corrected chi connectivity index (χ0v) is 16.1. The summed E-state index contributed by atoms with van der Waals surface area (Å²) in [6.07, 6.45) is 0.787. The average Bonchev–Trinajstić information content (AvgIpc) is 2.55. The number of nitrogens with one attached hydrogen (secondary N) is 3. The predicted octanol–water partition coefficient (Wildman–Crippen LogP) is 1.29. The number of hydrogen-bond donors (Lipinski definition) is 3. The van der Waals surface area contributed by atoms with Crippen molar-refractivity contribution in [3.63, 3.8) is 0 Å². The Hall–Kier alpha value is -1.64.